The van der Waals surface area contributed by atoms with Crippen molar-refractivity contribution in [1.82, 2.24) is 4.31 Å². The molecule has 31 heavy (non-hydrogen) atoms. The molecule has 0 spiro atoms. The Balaban J connectivity index is 1.56. The zero-order valence-electron chi connectivity index (χ0n) is 16.9. The molecule has 2 aliphatic rings. The number of carbonyl (C=O) groups is 2. The molecule has 1 unspecified atom stereocenters. The van der Waals surface area contributed by atoms with Crippen molar-refractivity contribution in [2.45, 2.75) is 42.9 Å². The molecule has 7 nitrogen and oxygen atoms in total. The van der Waals surface area contributed by atoms with E-state index in [0.29, 0.717) is 24.3 Å². The molecular weight excluding hydrogens is 421 g/mol. The van der Waals surface area contributed by atoms with E-state index in [2.05, 4.69) is 10.6 Å². The third-order valence-electron chi connectivity index (χ3n) is 5.68. The van der Waals surface area contributed by atoms with Gasteiger partial charge in [0.1, 0.15) is 5.82 Å². The normalized spacial score (nSPS) is 19.8. The minimum absolute atomic E-state index is 0.0732. The van der Waals surface area contributed by atoms with E-state index >= 15 is 0 Å². The molecule has 0 saturated carbocycles. The van der Waals surface area contributed by atoms with E-state index in [-0.39, 0.29) is 22.9 Å². The van der Waals surface area contributed by atoms with Gasteiger partial charge in [-0.3, -0.25) is 9.59 Å². The summed E-state index contributed by atoms with van der Waals surface area (Å²) in [4.78, 5) is 25.0. The number of halogens is 1. The summed E-state index contributed by atoms with van der Waals surface area (Å²) in [7, 11) is -3.65. The molecule has 0 aromatic heterocycles. The number of hydrogen-bond donors (Lipinski definition) is 2. The van der Waals surface area contributed by atoms with Crippen molar-refractivity contribution in [3.05, 3.63) is 53.8 Å². The van der Waals surface area contributed by atoms with Crippen molar-refractivity contribution in [3.8, 4) is 0 Å². The van der Waals surface area contributed by atoms with Crippen molar-refractivity contribution < 1.29 is 22.4 Å². The molecule has 2 amide bonds. The summed E-state index contributed by atoms with van der Waals surface area (Å²) in [6.07, 6.45) is 3.62. The molecule has 2 aromatic carbocycles. The van der Waals surface area contributed by atoms with E-state index in [1.54, 1.807) is 12.1 Å². The van der Waals surface area contributed by atoms with Gasteiger partial charge in [0.05, 0.1) is 10.8 Å². The molecule has 2 aliphatic heterocycles. The van der Waals surface area contributed by atoms with E-state index in [1.165, 1.54) is 34.6 Å². The fourth-order valence-corrected chi connectivity index (χ4v) is 5.63. The maximum Gasteiger partial charge on any atom is 0.243 e. The number of hydrogen-bond acceptors (Lipinski definition) is 4. The first-order valence-electron chi connectivity index (χ1n) is 10.3. The lowest BCUT2D eigenvalue weighted by atomic mass is 9.89. The Morgan fingerprint density at radius 2 is 1.81 bits per heavy atom. The third-order valence-corrected chi connectivity index (χ3v) is 7.57. The summed E-state index contributed by atoms with van der Waals surface area (Å²) >= 11 is 0. The predicted molar refractivity (Wildman–Crippen MR) is 115 cm³/mol. The molecule has 0 bridgehead atoms. The van der Waals surface area contributed by atoms with Gasteiger partial charge in [0, 0.05) is 30.9 Å². The van der Waals surface area contributed by atoms with Gasteiger partial charge in [-0.1, -0.05) is 25.0 Å². The minimum atomic E-state index is -3.65. The Labute approximate surface area is 180 Å². The molecular formula is C22H24FN3O4S. The van der Waals surface area contributed by atoms with E-state index in [0.717, 1.165) is 25.7 Å². The average Bonchev–Trinajstić information content (AvgIpc) is 3.03. The fraction of sp³-hybridized carbons (Fsp3) is 0.364. The van der Waals surface area contributed by atoms with Crippen molar-refractivity contribution in [2.24, 2.45) is 0 Å². The van der Waals surface area contributed by atoms with Crippen LogP contribution in [0.3, 0.4) is 0 Å². The molecule has 4 rings (SSSR count). The Morgan fingerprint density at radius 1 is 1.06 bits per heavy atom. The molecule has 1 saturated heterocycles. The largest absolute Gasteiger partial charge is 0.326 e. The van der Waals surface area contributed by atoms with Gasteiger partial charge < -0.3 is 10.6 Å². The van der Waals surface area contributed by atoms with Gasteiger partial charge in [0.15, 0.2) is 0 Å². The summed E-state index contributed by atoms with van der Waals surface area (Å²) in [5, 5.41) is 5.30. The Kier molecular flexibility index (Phi) is 6.06. The Hall–Kier alpha value is -2.78. The first-order chi connectivity index (χ1) is 14.8. The molecule has 0 aliphatic carbocycles. The summed E-state index contributed by atoms with van der Waals surface area (Å²) in [5.74, 6) is -2.13. The van der Waals surface area contributed by atoms with Crippen LogP contribution in [0.2, 0.25) is 0 Å². The zero-order chi connectivity index (χ0) is 22.0. The van der Waals surface area contributed by atoms with Crippen LogP contribution in [0.25, 0.3) is 0 Å². The van der Waals surface area contributed by atoms with Gasteiger partial charge in [0.2, 0.25) is 21.8 Å². The lowest BCUT2D eigenvalue weighted by Crippen LogP contribution is -2.32. The highest BCUT2D eigenvalue weighted by Crippen LogP contribution is 2.34. The molecule has 164 valence electrons. The Bertz CT molecular complexity index is 1110. The van der Waals surface area contributed by atoms with Crippen molar-refractivity contribution in [2.75, 3.05) is 23.7 Å². The second-order valence-corrected chi connectivity index (χ2v) is 9.81. The van der Waals surface area contributed by atoms with Crippen molar-refractivity contribution in [3.63, 3.8) is 0 Å². The highest BCUT2D eigenvalue weighted by Gasteiger charge is 2.31. The van der Waals surface area contributed by atoms with Crippen LogP contribution in [0.1, 0.15) is 43.6 Å². The number of carbonyl (C=O) groups excluding carboxylic acids is 2. The van der Waals surface area contributed by atoms with Crippen LogP contribution in [0.5, 0.6) is 0 Å². The molecule has 0 radical (unpaired) electrons. The number of sulfonamides is 1. The van der Waals surface area contributed by atoms with Crippen LogP contribution < -0.4 is 10.6 Å². The van der Waals surface area contributed by atoms with Crippen LogP contribution in [-0.2, 0) is 19.6 Å². The van der Waals surface area contributed by atoms with Crippen molar-refractivity contribution in [1.29, 1.82) is 0 Å². The zero-order valence-corrected chi connectivity index (χ0v) is 17.8. The van der Waals surface area contributed by atoms with Gasteiger partial charge in [0.25, 0.3) is 0 Å². The summed E-state index contributed by atoms with van der Waals surface area (Å²) in [6.45, 7) is 0.979. The summed E-state index contributed by atoms with van der Waals surface area (Å²) in [6, 6.07) is 10.0. The molecule has 1 atom stereocenters. The van der Waals surface area contributed by atoms with Crippen LogP contribution in [-0.4, -0.2) is 37.6 Å². The quantitative estimate of drug-likeness (QED) is 0.754. The van der Waals surface area contributed by atoms with E-state index in [1.807, 2.05) is 0 Å². The molecule has 9 heteroatoms. The lowest BCUT2D eigenvalue weighted by molar-refractivity contribution is -0.123. The average molecular weight is 446 g/mol. The number of rotatable bonds is 4. The third kappa shape index (κ3) is 4.62. The molecule has 2 heterocycles. The fourth-order valence-electron chi connectivity index (χ4n) is 4.07. The number of anilines is 2. The first-order valence-corrected chi connectivity index (χ1v) is 11.8. The van der Waals surface area contributed by atoms with Crippen LogP contribution in [0.4, 0.5) is 15.8 Å². The number of benzene rings is 2. The number of nitrogens with one attached hydrogen (secondary N) is 2. The molecule has 1 fully saturated rings. The second kappa shape index (κ2) is 8.76. The van der Waals surface area contributed by atoms with E-state index < -0.39 is 27.7 Å². The monoisotopic (exact) mass is 445 g/mol. The maximum atomic E-state index is 13.5. The molecule has 2 aromatic rings. The van der Waals surface area contributed by atoms with E-state index in [9.17, 15) is 22.4 Å². The van der Waals surface area contributed by atoms with Gasteiger partial charge in [-0.2, -0.15) is 4.31 Å². The van der Waals surface area contributed by atoms with E-state index in [4.69, 9.17) is 0 Å². The van der Waals surface area contributed by atoms with Crippen LogP contribution in [0.15, 0.2) is 47.4 Å². The minimum Gasteiger partial charge on any atom is -0.326 e. The maximum absolute atomic E-state index is 13.5. The van der Waals surface area contributed by atoms with Gasteiger partial charge >= 0.3 is 0 Å². The van der Waals surface area contributed by atoms with Crippen molar-refractivity contribution >= 4 is 33.2 Å². The van der Waals surface area contributed by atoms with Gasteiger partial charge in [-0.15, -0.1) is 0 Å². The standard InChI is InChI=1S/C22H24FN3O4S/c23-15-8-9-18-19(14-21(27)25-20(18)12-15)22(28)24-16-6-5-7-17(13-16)31(29,30)26-10-3-1-2-4-11-26/h5-9,12-13,19H,1-4,10-11,14H2,(H,24,28)(H,25,27). The van der Waals surface area contributed by atoms with Gasteiger partial charge in [-0.05, 0) is 48.7 Å². The highest BCUT2D eigenvalue weighted by molar-refractivity contribution is 7.89. The molecule has 2 N–H and O–H groups in total. The van der Waals surface area contributed by atoms with Crippen LogP contribution in [0, 0.1) is 5.82 Å². The second-order valence-electron chi connectivity index (χ2n) is 7.87. The SMILES string of the molecule is O=C1CC(C(=O)Nc2cccc(S(=O)(=O)N3CCCCCC3)c2)c2ccc(F)cc2N1. The lowest BCUT2D eigenvalue weighted by Gasteiger charge is -2.25. The summed E-state index contributed by atoms with van der Waals surface area (Å²) in [5.41, 5.74) is 1.12. The smallest absolute Gasteiger partial charge is 0.243 e. The topological polar surface area (TPSA) is 95.6 Å². The predicted octanol–water partition coefficient (Wildman–Crippen LogP) is 3.45. The highest BCUT2D eigenvalue weighted by atomic mass is 32.2. The van der Waals surface area contributed by atoms with Crippen LogP contribution >= 0.6 is 0 Å². The Morgan fingerprint density at radius 3 is 2.55 bits per heavy atom. The first kappa shape index (κ1) is 21.5. The number of fused-ring (bicyclic) bond motifs is 1. The number of amides is 2. The van der Waals surface area contributed by atoms with Gasteiger partial charge in [-0.25, -0.2) is 12.8 Å². The summed E-state index contributed by atoms with van der Waals surface area (Å²) < 4.78 is 41.1. The number of nitrogens with zero attached hydrogens (tertiary/aromatic N) is 1.